The molecule has 0 aliphatic carbocycles. The molecule has 0 fully saturated rings. The summed E-state index contributed by atoms with van der Waals surface area (Å²) in [6.45, 7) is 3.84. The third-order valence-corrected chi connectivity index (χ3v) is 4.35. The molecule has 1 atom stereocenters. The van der Waals surface area contributed by atoms with Crippen LogP contribution in [0.25, 0.3) is 0 Å². The SMILES string of the molecule is COc1ccccc1[C@@H](C)N(C)C(=O)c1scnc1C. The summed E-state index contributed by atoms with van der Waals surface area (Å²) < 4.78 is 5.36. The summed E-state index contributed by atoms with van der Waals surface area (Å²) in [4.78, 5) is 19.0. The summed E-state index contributed by atoms with van der Waals surface area (Å²) in [5.74, 6) is 0.782. The van der Waals surface area contributed by atoms with Crippen molar-refractivity contribution >= 4 is 17.2 Å². The molecular formula is C15H18N2O2S. The van der Waals surface area contributed by atoms with Crippen molar-refractivity contribution in [2.24, 2.45) is 0 Å². The number of ether oxygens (including phenoxy) is 1. The number of carbonyl (C=O) groups excluding carboxylic acids is 1. The van der Waals surface area contributed by atoms with E-state index in [0.29, 0.717) is 4.88 Å². The highest BCUT2D eigenvalue weighted by Gasteiger charge is 2.23. The van der Waals surface area contributed by atoms with E-state index in [1.807, 2.05) is 38.1 Å². The highest BCUT2D eigenvalue weighted by molar-refractivity contribution is 7.11. The number of hydrogen-bond acceptors (Lipinski definition) is 4. The fourth-order valence-electron chi connectivity index (χ4n) is 2.06. The number of amides is 1. The van der Waals surface area contributed by atoms with Crippen LogP contribution >= 0.6 is 11.3 Å². The average Bonchev–Trinajstić information content (AvgIpc) is 2.91. The highest BCUT2D eigenvalue weighted by Crippen LogP contribution is 2.29. The summed E-state index contributed by atoms with van der Waals surface area (Å²) in [6, 6.07) is 7.68. The molecule has 0 spiro atoms. The third kappa shape index (κ3) is 2.67. The third-order valence-electron chi connectivity index (χ3n) is 3.43. The van der Waals surface area contributed by atoms with Crippen LogP contribution in [0.15, 0.2) is 29.8 Å². The minimum Gasteiger partial charge on any atom is -0.496 e. The van der Waals surface area contributed by atoms with E-state index in [9.17, 15) is 4.79 Å². The van der Waals surface area contributed by atoms with Crippen molar-refractivity contribution in [2.45, 2.75) is 19.9 Å². The second kappa shape index (κ2) is 6.05. The Morgan fingerprint density at radius 2 is 2.10 bits per heavy atom. The van der Waals surface area contributed by atoms with E-state index in [2.05, 4.69) is 4.98 Å². The lowest BCUT2D eigenvalue weighted by molar-refractivity contribution is 0.0745. The van der Waals surface area contributed by atoms with E-state index in [0.717, 1.165) is 17.0 Å². The molecule has 2 rings (SSSR count). The largest absolute Gasteiger partial charge is 0.496 e. The van der Waals surface area contributed by atoms with Crippen molar-refractivity contribution in [3.05, 3.63) is 45.9 Å². The van der Waals surface area contributed by atoms with E-state index in [1.54, 1.807) is 24.6 Å². The molecule has 0 N–H and O–H groups in total. The van der Waals surface area contributed by atoms with Crippen LogP contribution in [-0.4, -0.2) is 29.9 Å². The summed E-state index contributed by atoms with van der Waals surface area (Å²) in [5.41, 5.74) is 3.47. The summed E-state index contributed by atoms with van der Waals surface area (Å²) >= 11 is 1.37. The number of rotatable bonds is 4. The standard InChI is InChI=1S/C15H18N2O2S/c1-10-14(20-9-16-10)15(18)17(3)11(2)12-7-5-6-8-13(12)19-4/h5-9,11H,1-4H3/t11-/m1/s1. The van der Waals surface area contributed by atoms with Gasteiger partial charge in [0.25, 0.3) is 5.91 Å². The Labute approximate surface area is 123 Å². The second-order valence-corrected chi connectivity index (χ2v) is 5.46. The number of benzene rings is 1. The fourth-order valence-corrected chi connectivity index (χ4v) is 2.85. The van der Waals surface area contributed by atoms with Gasteiger partial charge in [0, 0.05) is 12.6 Å². The molecule has 0 aliphatic rings. The molecule has 2 aromatic rings. The first-order valence-corrected chi connectivity index (χ1v) is 7.24. The predicted molar refractivity (Wildman–Crippen MR) is 80.4 cm³/mol. The van der Waals surface area contributed by atoms with Gasteiger partial charge in [0.1, 0.15) is 10.6 Å². The Hall–Kier alpha value is -1.88. The molecular weight excluding hydrogens is 272 g/mol. The van der Waals surface area contributed by atoms with Gasteiger partial charge in [-0.3, -0.25) is 4.79 Å². The maximum Gasteiger partial charge on any atom is 0.266 e. The van der Waals surface area contributed by atoms with Gasteiger partial charge in [0.15, 0.2) is 0 Å². The Balaban J connectivity index is 2.27. The van der Waals surface area contributed by atoms with Crippen molar-refractivity contribution in [1.82, 2.24) is 9.88 Å². The maximum atomic E-state index is 12.5. The number of methoxy groups -OCH3 is 1. The molecule has 0 radical (unpaired) electrons. The minimum absolute atomic E-state index is 0.0107. The maximum absolute atomic E-state index is 12.5. The van der Waals surface area contributed by atoms with Gasteiger partial charge in [-0.15, -0.1) is 11.3 Å². The zero-order chi connectivity index (χ0) is 14.7. The number of nitrogens with zero attached hydrogens (tertiary/aromatic N) is 2. The Morgan fingerprint density at radius 3 is 2.70 bits per heavy atom. The van der Waals surface area contributed by atoms with Crippen molar-refractivity contribution < 1.29 is 9.53 Å². The number of thiazole rings is 1. The molecule has 0 aliphatic heterocycles. The van der Waals surface area contributed by atoms with Gasteiger partial charge in [0.2, 0.25) is 0 Å². The van der Waals surface area contributed by atoms with E-state index < -0.39 is 0 Å². The average molecular weight is 290 g/mol. The van der Waals surface area contributed by atoms with Gasteiger partial charge in [0.05, 0.1) is 24.4 Å². The van der Waals surface area contributed by atoms with E-state index in [1.165, 1.54) is 11.3 Å². The molecule has 1 aromatic carbocycles. The van der Waals surface area contributed by atoms with Gasteiger partial charge in [-0.2, -0.15) is 0 Å². The van der Waals surface area contributed by atoms with Gasteiger partial charge >= 0.3 is 0 Å². The molecule has 5 heteroatoms. The van der Waals surface area contributed by atoms with E-state index >= 15 is 0 Å². The fraction of sp³-hybridized carbons (Fsp3) is 0.333. The molecule has 0 bridgehead atoms. The van der Waals surface area contributed by atoms with Crippen LogP contribution in [0.1, 0.15) is 33.9 Å². The molecule has 106 valence electrons. The number of para-hydroxylation sites is 1. The zero-order valence-corrected chi connectivity index (χ0v) is 12.9. The zero-order valence-electron chi connectivity index (χ0n) is 12.1. The van der Waals surface area contributed by atoms with Crippen LogP contribution < -0.4 is 4.74 Å². The van der Waals surface area contributed by atoms with Crippen LogP contribution in [-0.2, 0) is 0 Å². The molecule has 0 saturated carbocycles. The quantitative estimate of drug-likeness (QED) is 0.867. The molecule has 0 unspecified atom stereocenters. The lowest BCUT2D eigenvalue weighted by atomic mass is 10.1. The summed E-state index contributed by atoms with van der Waals surface area (Å²) in [5, 5.41) is 0. The van der Waals surface area contributed by atoms with Crippen LogP contribution in [0.5, 0.6) is 5.75 Å². The van der Waals surface area contributed by atoms with Gasteiger partial charge in [-0.1, -0.05) is 18.2 Å². The van der Waals surface area contributed by atoms with Crippen molar-refractivity contribution in [2.75, 3.05) is 14.2 Å². The minimum atomic E-state index is -0.0693. The first-order valence-electron chi connectivity index (χ1n) is 6.36. The van der Waals surface area contributed by atoms with E-state index in [4.69, 9.17) is 4.74 Å². The first-order chi connectivity index (χ1) is 9.56. The number of aromatic nitrogens is 1. The van der Waals surface area contributed by atoms with Gasteiger partial charge < -0.3 is 9.64 Å². The summed E-state index contributed by atoms with van der Waals surface area (Å²) in [6.07, 6.45) is 0. The van der Waals surface area contributed by atoms with E-state index in [-0.39, 0.29) is 11.9 Å². The predicted octanol–water partition coefficient (Wildman–Crippen LogP) is 3.29. The lowest BCUT2D eigenvalue weighted by Crippen LogP contribution is -2.29. The van der Waals surface area contributed by atoms with Crippen LogP contribution in [0.3, 0.4) is 0 Å². The molecule has 4 nitrogen and oxygen atoms in total. The number of carbonyl (C=O) groups is 1. The number of aryl methyl sites for hydroxylation is 1. The first kappa shape index (κ1) is 14.5. The Kier molecular flexibility index (Phi) is 4.39. The Morgan fingerprint density at radius 1 is 1.40 bits per heavy atom. The van der Waals surface area contributed by atoms with Crippen molar-refractivity contribution in [3.8, 4) is 5.75 Å². The highest BCUT2D eigenvalue weighted by atomic mass is 32.1. The topological polar surface area (TPSA) is 42.4 Å². The molecule has 1 heterocycles. The monoisotopic (exact) mass is 290 g/mol. The van der Waals surface area contributed by atoms with Crippen molar-refractivity contribution in [1.29, 1.82) is 0 Å². The van der Waals surface area contributed by atoms with Crippen LogP contribution in [0.2, 0.25) is 0 Å². The molecule has 1 aromatic heterocycles. The molecule has 1 amide bonds. The smallest absolute Gasteiger partial charge is 0.266 e. The summed E-state index contributed by atoms with van der Waals surface area (Å²) in [7, 11) is 3.44. The molecule has 20 heavy (non-hydrogen) atoms. The van der Waals surface area contributed by atoms with Gasteiger partial charge in [-0.25, -0.2) is 4.98 Å². The van der Waals surface area contributed by atoms with Crippen LogP contribution in [0, 0.1) is 6.92 Å². The van der Waals surface area contributed by atoms with Crippen LogP contribution in [0.4, 0.5) is 0 Å². The normalized spacial score (nSPS) is 12.0. The lowest BCUT2D eigenvalue weighted by Gasteiger charge is -2.26. The van der Waals surface area contributed by atoms with Crippen molar-refractivity contribution in [3.63, 3.8) is 0 Å². The molecule has 0 saturated heterocycles. The van der Waals surface area contributed by atoms with Gasteiger partial charge in [-0.05, 0) is 19.9 Å². The second-order valence-electron chi connectivity index (χ2n) is 4.60. The number of hydrogen-bond donors (Lipinski definition) is 0. The Bertz CT molecular complexity index is 609.